The summed E-state index contributed by atoms with van der Waals surface area (Å²) in [7, 11) is 0. The van der Waals surface area contributed by atoms with Crippen LogP contribution in [0.4, 0.5) is 5.13 Å². The maximum absolute atomic E-state index is 12.4. The molecule has 0 fully saturated rings. The van der Waals surface area contributed by atoms with Gasteiger partial charge < -0.3 is 5.32 Å². The highest BCUT2D eigenvalue weighted by Gasteiger charge is 2.21. The lowest BCUT2D eigenvalue weighted by Crippen LogP contribution is -2.21. The van der Waals surface area contributed by atoms with E-state index >= 15 is 0 Å². The number of amides is 1. The Labute approximate surface area is 151 Å². The zero-order chi connectivity index (χ0) is 17.1. The van der Waals surface area contributed by atoms with Gasteiger partial charge in [0, 0.05) is 23.5 Å². The molecule has 1 N–H and O–H groups in total. The van der Waals surface area contributed by atoms with Gasteiger partial charge >= 0.3 is 0 Å². The predicted molar refractivity (Wildman–Crippen MR) is 101 cm³/mol. The second-order valence-electron chi connectivity index (χ2n) is 6.42. The summed E-state index contributed by atoms with van der Waals surface area (Å²) < 4.78 is 4.33. The van der Waals surface area contributed by atoms with E-state index < -0.39 is 0 Å². The van der Waals surface area contributed by atoms with Crippen molar-refractivity contribution in [1.82, 2.24) is 9.36 Å². The first-order chi connectivity index (χ1) is 12.3. The number of aryl methyl sites for hydroxylation is 1. The van der Waals surface area contributed by atoms with Crippen LogP contribution in [0.1, 0.15) is 24.0 Å². The summed E-state index contributed by atoms with van der Waals surface area (Å²) in [4.78, 5) is 16.8. The van der Waals surface area contributed by atoms with Crippen molar-refractivity contribution >= 4 is 22.6 Å². The van der Waals surface area contributed by atoms with Crippen molar-refractivity contribution in [3.63, 3.8) is 0 Å². The van der Waals surface area contributed by atoms with Crippen LogP contribution < -0.4 is 5.32 Å². The predicted octanol–water partition coefficient (Wildman–Crippen LogP) is 4.34. The van der Waals surface area contributed by atoms with E-state index in [4.69, 9.17) is 0 Å². The van der Waals surface area contributed by atoms with Gasteiger partial charge in [0.2, 0.25) is 11.0 Å². The lowest BCUT2D eigenvalue weighted by atomic mass is 9.82. The van der Waals surface area contributed by atoms with E-state index in [0.717, 1.165) is 24.8 Å². The molecule has 2 aromatic carbocycles. The SMILES string of the molecule is O=C(CC1CCc2ccccc2C1)Nc1nc(-c2ccccc2)ns1. The highest BCUT2D eigenvalue weighted by molar-refractivity contribution is 7.10. The Morgan fingerprint density at radius 2 is 1.84 bits per heavy atom. The van der Waals surface area contributed by atoms with Gasteiger partial charge in [0.1, 0.15) is 0 Å². The zero-order valence-corrected chi connectivity index (χ0v) is 14.6. The van der Waals surface area contributed by atoms with Gasteiger partial charge in [0.25, 0.3) is 0 Å². The summed E-state index contributed by atoms with van der Waals surface area (Å²) >= 11 is 1.23. The molecular weight excluding hydrogens is 330 g/mol. The van der Waals surface area contributed by atoms with Crippen LogP contribution >= 0.6 is 11.5 Å². The highest BCUT2D eigenvalue weighted by Crippen LogP contribution is 2.28. The molecule has 4 nitrogen and oxygen atoms in total. The van der Waals surface area contributed by atoms with Crippen LogP contribution in [0.5, 0.6) is 0 Å². The number of benzene rings is 2. The molecule has 1 aliphatic rings. The van der Waals surface area contributed by atoms with Gasteiger partial charge in [-0.15, -0.1) is 0 Å². The van der Waals surface area contributed by atoms with Crippen molar-refractivity contribution in [2.45, 2.75) is 25.7 Å². The van der Waals surface area contributed by atoms with Gasteiger partial charge in [0.05, 0.1) is 0 Å². The molecule has 3 aromatic rings. The Bertz CT molecular complexity index is 875. The smallest absolute Gasteiger partial charge is 0.226 e. The van der Waals surface area contributed by atoms with E-state index in [1.54, 1.807) is 0 Å². The first kappa shape index (κ1) is 16.0. The quantitative estimate of drug-likeness (QED) is 0.762. The number of fused-ring (bicyclic) bond motifs is 1. The van der Waals surface area contributed by atoms with Crippen LogP contribution in [0.25, 0.3) is 11.4 Å². The van der Waals surface area contributed by atoms with Gasteiger partial charge in [-0.2, -0.15) is 9.36 Å². The standard InChI is InChI=1S/C20H19N3OS/c24-18(13-14-10-11-15-6-4-5-9-17(15)12-14)21-20-22-19(23-25-20)16-7-2-1-3-8-16/h1-9,14H,10-13H2,(H,21,22,23,24). The zero-order valence-electron chi connectivity index (χ0n) is 13.8. The van der Waals surface area contributed by atoms with E-state index in [1.165, 1.54) is 22.7 Å². The van der Waals surface area contributed by atoms with Crippen LogP contribution in [0.2, 0.25) is 0 Å². The lowest BCUT2D eigenvalue weighted by molar-refractivity contribution is -0.117. The molecule has 0 saturated heterocycles. The van der Waals surface area contributed by atoms with Crippen molar-refractivity contribution in [1.29, 1.82) is 0 Å². The monoisotopic (exact) mass is 349 g/mol. The van der Waals surface area contributed by atoms with Crippen LogP contribution in [0.15, 0.2) is 54.6 Å². The third kappa shape index (κ3) is 3.77. The fraction of sp³-hybridized carbons (Fsp3) is 0.250. The second kappa shape index (κ2) is 7.15. The Morgan fingerprint density at radius 1 is 1.08 bits per heavy atom. The summed E-state index contributed by atoms with van der Waals surface area (Å²) in [5, 5.41) is 3.48. The van der Waals surface area contributed by atoms with Crippen molar-refractivity contribution < 1.29 is 4.79 Å². The molecule has 1 unspecified atom stereocenters. The third-order valence-corrected chi connectivity index (χ3v) is 5.26. The molecule has 1 aliphatic carbocycles. The Balaban J connectivity index is 1.36. The maximum atomic E-state index is 12.4. The van der Waals surface area contributed by atoms with Crippen molar-refractivity contribution in [3.05, 3.63) is 65.7 Å². The molecule has 0 saturated carbocycles. The molecule has 25 heavy (non-hydrogen) atoms. The van der Waals surface area contributed by atoms with Gasteiger partial charge in [-0.05, 0) is 36.3 Å². The first-order valence-electron chi connectivity index (χ1n) is 8.54. The summed E-state index contributed by atoms with van der Waals surface area (Å²) in [5.74, 6) is 1.09. The maximum Gasteiger partial charge on any atom is 0.226 e. The fourth-order valence-corrected chi connectivity index (χ4v) is 3.96. The molecule has 5 heteroatoms. The molecule has 0 bridgehead atoms. The van der Waals surface area contributed by atoms with Gasteiger partial charge in [-0.3, -0.25) is 4.79 Å². The number of hydrogen-bond donors (Lipinski definition) is 1. The van der Waals surface area contributed by atoms with Crippen molar-refractivity contribution in [2.75, 3.05) is 5.32 Å². The minimum absolute atomic E-state index is 0.0279. The Morgan fingerprint density at radius 3 is 2.68 bits per heavy atom. The van der Waals surface area contributed by atoms with E-state index in [2.05, 4.69) is 38.9 Å². The molecule has 4 rings (SSSR count). The normalized spacial score (nSPS) is 16.2. The lowest BCUT2D eigenvalue weighted by Gasteiger charge is -2.23. The number of rotatable bonds is 4. The second-order valence-corrected chi connectivity index (χ2v) is 7.17. The van der Waals surface area contributed by atoms with E-state index in [9.17, 15) is 4.79 Å². The number of nitrogens with one attached hydrogen (secondary N) is 1. The fourth-order valence-electron chi connectivity index (χ4n) is 3.36. The van der Waals surface area contributed by atoms with Gasteiger partial charge in [-0.25, -0.2) is 0 Å². The number of carbonyl (C=O) groups is 1. The Hall–Kier alpha value is -2.53. The van der Waals surface area contributed by atoms with E-state index in [1.807, 2.05) is 30.3 Å². The molecular formula is C20H19N3OS. The molecule has 0 radical (unpaired) electrons. The summed E-state index contributed by atoms with van der Waals surface area (Å²) in [5.41, 5.74) is 3.77. The van der Waals surface area contributed by atoms with Crippen molar-refractivity contribution in [3.8, 4) is 11.4 Å². The summed E-state index contributed by atoms with van der Waals surface area (Å²) in [6.07, 6.45) is 3.64. The average Bonchev–Trinajstić information content (AvgIpc) is 3.10. The molecule has 1 heterocycles. The Kier molecular flexibility index (Phi) is 4.57. The van der Waals surface area contributed by atoms with Crippen LogP contribution in [-0.2, 0) is 17.6 Å². The average molecular weight is 349 g/mol. The molecule has 1 aromatic heterocycles. The first-order valence-corrected chi connectivity index (χ1v) is 9.31. The number of hydrogen-bond acceptors (Lipinski definition) is 4. The molecule has 126 valence electrons. The molecule has 1 atom stereocenters. The van der Waals surface area contributed by atoms with Crippen LogP contribution in [0.3, 0.4) is 0 Å². The highest BCUT2D eigenvalue weighted by atomic mass is 32.1. The van der Waals surface area contributed by atoms with E-state index in [0.29, 0.717) is 23.3 Å². The number of nitrogens with zero attached hydrogens (tertiary/aromatic N) is 2. The van der Waals surface area contributed by atoms with Gasteiger partial charge in [-0.1, -0.05) is 54.6 Å². The van der Waals surface area contributed by atoms with Crippen LogP contribution in [-0.4, -0.2) is 15.3 Å². The van der Waals surface area contributed by atoms with Gasteiger partial charge in [0.15, 0.2) is 5.82 Å². The summed E-state index contributed by atoms with van der Waals surface area (Å²) in [6, 6.07) is 18.3. The van der Waals surface area contributed by atoms with Crippen LogP contribution in [0, 0.1) is 5.92 Å². The molecule has 1 amide bonds. The minimum Gasteiger partial charge on any atom is -0.301 e. The number of anilines is 1. The van der Waals surface area contributed by atoms with Crippen molar-refractivity contribution in [2.24, 2.45) is 5.92 Å². The van der Waals surface area contributed by atoms with E-state index in [-0.39, 0.29) is 5.91 Å². The minimum atomic E-state index is 0.0279. The largest absolute Gasteiger partial charge is 0.301 e. The third-order valence-electron chi connectivity index (χ3n) is 4.63. The summed E-state index contributed by atoms with van der Waals surface area (Å²) in [6.45, 7) is 0. The number of carbonyl (C=O) groups excluding carboxylic acids is 1. The molecule has 0 aliphatic heterocycles. The topological polar surface area (TPSA) is 54.9 Å². The number of aromatic nitrogens is 2. The molecule has 0 spiro atoms.